The van der Waals surface area contributed by atoms with E-state index in [9.17, 15) is 0 Å². The number of halogens is 2. The van der Waals surface area contributed by atoms with Gasteiger partial charge in [-0.2, -0.15) is 5.10 Å². The fraction of sp³-hybridized carbons (Fsp3) is 0.346. The van der Waals surface area contributed by atoms with Crippen molar-refractivity contribution in [2.75, 3.05) is 18.9 Å². The highest BCUT2D eigenvalue weighted by atomic mass is 35.5. The second-order valence-electron chi connectivity index (χ2n) is 8.61. The van der Waals surface area contributed by atoms with E-state index in [1.54, 1.807) is 18.6 Å². The molecule has 36 heavy (non-hydrogen) atoms. The molecule has 8 nitrogen and oxygen atoms in total. The first-order valence-corrected chi connectivity index (χ1v) is 12.7. The molecule has 1 aliphatic rings. The van der Waals surface area contributed by atoms with Gasteiger partial charge in [-0.15, -0.1) is 0 Å². The molecule has 4 aromatic rings. The Hall–Kier alpha value is -3.07. The van der Waals surface area contributed by atoms with Crippen molar-refractivity contribution in [3.63, 3.8) is 0 Å². The van der Waals surface area contributed by atoms with Crippen LogP contribution in [-0.4, -0.2) is 33.0 Å². The van der Waals surface area contributed by atoms with Crippen LogP contribution >= 0.6 is 23.2 Å². The molecule has 0 bridgehead atoms. The number of nitrogen functional groups attached to an aromatic ring is 1. The van der Waals surface area contributed by atoms with Crippen molar-refractivity contribution in [3.05, 3.63) is 58.5 Å². The van der Waals surface area contributed by atoms with E-state index in [0.717, 1.165) is 41.4 Å². The van der Waals surface area contributed by atoms with Gasteiger partial charge in [-0.1, -0.05) is 23.2 Å². The van der Waals surface area contributed by atoms with E-state index in [4.69, 9.17) is 48.2 Å². The Morgan fingerprint density at radius 1 is 1.17 bits per heavy atom. The van der Waals surface area contributed by atoms with Crippen molar-refractivity contribution in [2.24, 2.45) is 0 Å². The van der Waals surface area contributed by atoms with Crippen molar-refractivity contribution < 1.29 is 14.2 Å². The van der Waals surface area contributed by atoms with Gasteiger partial charge < -0.3 is 19.9 Å². The minimum Gasteiger partial charge on any atom is -0.490 e. The molecule has 5 rings (SSSR count). The number of aromatic nitrogens is 4. The summed E-state index contributed by atoms with van der Waals surface area (Å²) >= 11 is 12.7. The summed E-state index contributed by atoms with van der Waals surface area (Å²) in [5.41, 5.74) is 9.17. The zero-order valence-electron chi connectivity index (χ0n) is 20.1. The third kappa shape index (κ3) is 4.81. The van der Waals surface area contributed by atoms with E-state index in [-0.39, 0.29) is 6.23 Å². The molecule has 3 aromatic heterocycles. The molecule has 1 unspecified atom stereocenters. The number of rotatable bonds is 7. The summed E-state index contributed by atoms with van der Waals surface area (Å²) in [5, 5.41) is 6.78. The molecule has 2 atom stereocenters. The maximum Gasteiger partial charge on any atom is 0.166 e. The third-order valence-electron chi connectivity index (χ3n) is 6.17. The Morgan fingerprint density at radius 2 is 1.97 bits per heavy atom. The predicted octanol–water partition coefficient (Wildman–Crippen LogP) is 6.62. The lowest BCUT2D eigenvalue weighted by Crippen LogP contribution is -2.19. The molecule has 1 aliphatic heterocycles. The monoisotopic (exact) mass is 527 g/mol. The zero-order chi connectivity index (χ0) is 25.2. The van der Waals surface area contributed by atoms with Gasteiger partial charge in [0, 0.05) is 41.7 Å². The van der Waals surface area contributed by atoms with Crippen LogP contribution in [-0.2, 0) is 4.74 Å². The highest BCUT2D eigenvalue weighted by Crippen LogP contribution is 2.38. The predicted molar refractivity (Wildman–Crippen MR) is 141 cm³/mol. The Morgan fingerprint density at radius 3 is 2.69 bits per heavy atom. The molecule has 1 aromatic carbocycles. The van der Waals surface area contributed by atoms with Gasteiger partial charge in [-0.3, -0.25) is 4.98 Å². The number of nitrogens with two attached hydrogens (primary N) is 1. The van der Waals surface area contributed by atoms with E-state index >= 15 is 0 Å². The summed E-state index contributed by atoms with van der Waals surface area (Å²) < 4.78 is 20.0. The van der Waals surface area contributed by atoms with Crippen molar-refractivity contribution in [3.8, 4) is 22.8 Å². The van der Waals surface area contributed by atoms with Gasteiger partial charge in [-0.05, 0) is 57.4 Å². The highest BCUT2D eigenvalue weighted by Gasteiger charge is 2.23. The Balaban J connectivity index is 1.59. The number of hydrogen-bond acceptors (Lipinski definition) is 7. The van der Waals surface area contributed by atoms with Crippen LogP contribution in [0.4, 0.5) is 5.82 Å². The summed E-state index contributed by atoms with van der Waals surface area (Å²) in [6.45, 7) is 5.00. The Kier molecular flexibility index (Phi) is 7.18. The molecule has 188 valence electrons. The SMILES string of the molecule is CCOc1cc(-c2nn(C3CCCCO3)c3ccc(O[C@H](C)c4c(Cl)cncc4Cl)cc23)cnc1N. The zero-order valence-corrected chi connectivity index (χ0v) is 21.6. The summed E-state index contributed by atoms with van der Waals surface area (Å²) in [7, 11) is 0. The Labute approximate surface area is 219 Å². The molecule has 1 saturated heterocycles. The van der Waals surface area contributed by atoms with Gasteiger partial charge in [0.15, 0.2) is 17.8 Å². The van der Waals surface area contributed by atoms with Crippen molar-refractivity contribution in [1.82, 2.24) is 19.7 Å². The maximum atomic E-state index is 6.35. The minimum atomic E-state index is -0.395. The van der Waals surface area contributed by atoms with Crippen LogP contribution < -0.4 is 15.2 Å². The van der Waals surface area contributed by atoms with Crippen molar-refractivity contribution in [1.29, 1.82) is 0 Å². The highest BCUT2D eigenvalue weighted by molar-refractivity contribution is 6.35. The number of pyridine rings is 2. The van der Waals surface area contributed by atoms with Crippen molar-refractivity contribution >= 4 is 39.9 Å². The molecule has 0 aliphatic carbocycles. The lowest BCUT2D eigenvalue weighted by Gasteiger charge is -2.23. The molecule has 0 radical (unpaired) electrons. The van der Waals surface area contributed by atoms with E-state index in [2.05, 4.69) is 9.97 Å². The number of nitrogens with zero attached hydrogens (tertiary/aromatic N) is 4. The second-order valence-corrected chi connectivity index (χ2v) is 9.43. The summed E-state index contributed by atoms with van der Waals surface area (Å²) in [6.07, 6.45) is 7.33. The van der Waals surface area contributed by atoms with Gasteiger partial charge in [0.05, 0.1) is 22.2 Å². The van der Waals surface area contributed by atoms with E-state index in [0.29, 0.717) is 46.1 Å². The molecular formula is C26H27Cl2N5O3. The van der Waals surface area contributed by atoms with Gasteiger partial charge >= 0.3 is 0 Å². The normalized spacial score (nSPS) is 16.7. The molecule has 0 saturated carbocycles. The molecule has 10 heteroatoms. The summed E-state index contributed by atoms with van der Waals surface area (Å²) in [5.74, 6) is 1.51. The van der Waals surface area contributed by atoms with Gasteiger partial charge in [0.1, 0.15) is 17.5 Å². The van der Waals surface area contributed by atoms with Crippen LogP contribution in [0.15, 0.2) is 42.9 Å². The fourth-order valence-electron chi connectivity index (χ4n) is 4.47. The standard InChI is InChI=1S/C26H27Cl2N5O3/c1-3-34-22-10-16(12-31-26(22)29)25-18-11-17(36-15(2)24-19(27)13-30-14-20(24)28)7-8-21(18)33(32-25)23-6-4-5-9-35-23/h7-8,10-15,23H,3-6,9H2,1-2H3,(H2,29,31)/t15-,23?/m1/s1. The van der Waals surface area contributed by atoms with E-state index in [1.165, 1.54) is 0 Å². The number of hydrogen-bond donors (Lipinski definition) is 1. The number of fused-ring (bicyclic) bond motifs is 1. The van der Waals surface area contributed by atoms with Crippen molar-refractivity contribution in [2.45, 2.75) is 45.4 Å². The van der Waals surface area contributed by atoms with Crippen LogP contribution in [0.25, 0.3) is 22.2 Å². The molecule has 2 N–H and O–H groups in total. The smallest absolute Gasteiger partial charge is 0.166 e. The Bertz CT molecular complexity index is 1370. The summed E-state index contributed by atoms with van der Waals surface area (Å²) in [4.78, 5) is 8.36. The first-order valence-electron chi connectivity index (χ1n) is 11.9. The number of benzene rings is 1. The largest absolute Gasteiger partial charge is 0.490 e. The second kappa shape index (κ2) is 10.5. The summed E-state index contributed by atoms with van der Waals surface area (Å²) in [6, 6.07) is 7.74. The first-order chi connectivity index (χ1) is 17.5. The van der Waals surface area contributed by atoms with E-state index in [1.807, 2.05) is 42.8 Å². The van der Waals surface area contributed by atoms with Crippen LogP contribution in [0.5, 0.6) is 11.5 Å². The molecular weight excluding hydrogens is 501 g/mol. The van der Waals surface area contributed by atoms with E-state index < -0.39 is 6.10 Å². The number of anilines is 1. The van der Waals surface area contributed by atoms with Gasteiger partial charge in [0.2, 0.25) is 0 Å². The minimum absolute atomic E-state index is 0.136. The topological polar surface area (TPSA) is 97.3 Å². The quantitative estimate of drug-likeness (QED) is 0.288. The molecule has 4 heterocycles. The first kappa shape index (κ1) is 24.6. The molecule has 1 fully saturated rings. The average Bonchev–Trinajstić information content (AvgIpc) is 3.25. The van der Waals surface area contributed by atoms with Gasteiger partial charge in [0.25, 0.3) is 0 Å². The number of ether oxygens (including phenoxy) is 3. The average molecular weight is 528 g/mol. The van der Waals surface area contributed by atoms with Gasteiger partial charge in [-0.25, -0.2) is 9.67 Å². The van der Waals surface area contributed by atoms with Crippen LogP contribution in [0, 0.1) is 0 Å². The lowest BCUT2D eigenvalue weighted by atomic mass is 10.1. The van der Waals surface area contributed by atoms with Crippen LogP contribution in [0.2, 0.25) is 10.0 Å². The fourth-order valence-corrected chi connectivity index (χ4v) is 5.14. The maximum absolute atomic E-state index is 6.35. The molecule has 0 amide bonds. The van der Waals surface area contributed by atoms with Crippen LogP contribution in [0.1, 0.15) is 51.0 Å². The van der Waals surface area contributed by atoms with Crippen LogP contribution in [0.3, 0.4) is 0 Å². The lowest BCUT2D eigenvalue weighted by molar-refractivity contribution is -0.0365. The molecule has 0 spiro atoms. The third-order valence-corrected chi connectivity index (χ3v) is 6.77.